The van der Waals surface area contributed by atoms with Gasteiger partial charge >= 0.3 is 0 Å². The number of anilines is 1. The summed E-state index contributed by atoms with van der Waals surface area (Å²) in [4.78, 5) is 10.1. The van der Waals surface area contributed by atoms with Gasteiger partial charge in [-0.05, 0) is 25.5 Å². The molecule has 0 saturated heterocycles. The van der Waals surface area contributed by atoms with Crippen LogP contribution in [0.1, 0.15) is 11.1 Å². The third-order valence-electron chi connectivity index (χ3n) is 2.23. The van der Waals surface area contributed by atoms with Gasteiger partial charge in [-0.25, -0.2) is 9.95 Å². The van der Waals surface area contributed by atoms with Crippen LogP contribution < -0.4 is 5.06 Å². The van der Waals surface area contributed by atoms with Crippen molar-refractivity contribution in [3.05, 3.63) is 29.3 Å². The largest absolute Gasteiger partial charge is 0.382 e. The molecular formula is C12H19NO3. The number of hydrogen-bond acceptors (Lipinski definition) is 4. The van der Waals surface area contributed by atoms with E-state index in [1.807, 2.05) is 26.1 Å². The summed E-state index contributed by atoms with van der Waals surface area (Å²) < 4.78 is 4.85. The fraction of sp³-hybridized carbons (Fsp3) is 0.500. The Balaban J connectivity index is 2.49. The van der Waals surface area contributed by atoms with Crippen LogP contribution in [0.2, 0.25) is 0 Å². The Bertz CT molecular complexity index is 328. The first-order valence-corrected chi connectivity index (χ1v) is 5.24. The van der Waals surface area contributed by atoms with E-state index < -0.39 is 0 Å². The van der Waals surface area contributed by atoms with E-state index in [1.165, 1.54) is 5.56 Å². The maximum absolute atomic E-state index is 5.10. The third kappa shape index (κ3) is 3.81. The normalized spacial score (nSPS) is 10.5. The number of ether oxygens (including phenoxy) is 1. The Kier molecular flexibility index (Phi) is 5.25. The van der Waals surface area contributed by atoms with Crippen LogP contribution in [-0.2, 0) is 14.6 Å². The second-order valence-corrected chi connectivity index (χ2v) is 3.68. The van der Waals surface area contributed by atoms with Gasteiger partial charge in [0.15, 0.2) is 0 Å². The van der Waals surface area contributed by atoms with E-state index in [2.05, 4.69) is 13.0 Å². The summed E-state index contributed by atoms with van der Waals surface area (Å²) in [6.07, 6.45) is 0. The quantitative estimate of drug-likeness (QED) is 0.422. The van der Waals surface area contributed by atoms with Gasteiger partial charge in [0, 0.05) is 14.2 Å². The molecule has 4 nitrogen and oxygen atoms in total. The van der Waals surface area contributed by atoms with Crippen molar-refractivity contribution in [2.24, 2.45) is 0 Å². The molecule has 1 rings (SSSR count). The molecule has 0 aliphatic heterocycles. The number of benzene rings is 1. The number of rotatable bonds is 6. The lowest BCUT2D eigenvalue weighted by molar-refractivity contribution is -0.304. The SMILES string of the molecule is COCCOON(C)c1ccc(C)cc1C. The van der Waals surface area contributed by atoms with Gasteiger partial charge < -0.3 is 4.74 Å². The zero-order chi connectivity index (χ0) is 12.0. The van der Waals surface area contributed by atoms with Crippen LogP contribution in [0, 0.1) is 13.8 Å². The lowest BCUT2D eigenvalue weighted by Crippen LogP contribution is -2.20. The van der Waals surface area contributed by atoms with Gasteiger partial charge in [0.2, 0.25) is 0 Å². The molecule has 16 heavy (non-hydrogen) atoms. The molecule has 0 aromatic heterocycles. The minimum atomic E-state index is 0.408. The predicted octanol–water partition coefficient (Wildman–Crippen LogP) is 2.25. The second-order valence-electron chi connectivity index (χ2n) is 3.68. The first-order valence-electron chi connectivity index (χ1n) is 5.24. The van der Waals surface area contributed by atoms with E-state index in [0.29, 0.717) is 13.2 Å². The molecule has 1 aromatic carbocycles. The van der Waals surface area contributed by atoms with Crippen molar-refractivity contribution in [1.29, 1.82) is 0 Å². The van der Waals surface area contributed by atoms with E-state index in [4.69, 9.17) is 14.6 Å². The Morgan fingerprint density at radius 1 is 1.19 bits per heavy atom. The van der Waals surface area contributed by atoms with Gasteiger partial charge in [-0.1, -0.05) is 17.7 Å². The summed E-state index contributed by atoms with van der Waals surface area (Å²) in [7, 11) is 3.43. The highest BCUT2D eigenvalue weighted by Crippen LogP contribution is 2.19. The van der Waals surface area contributed by atoms with Gasteiger partial charge in [-0.15, -0.1) is 4.99 Å². The Morgan fingerprint density at radius 2 is 1.94 bits per heavy atom. The van der Waals surface area contributed by atoms with Crippen LogP contribution in [0.15, 0.2) is 18.2 Å². The van der Waals surface area contributed by atoms with Crippen molar-refractivity contribution in [3.63, 3.8) is 0 Å². The van der Waals surface area contributed by atoms with Gasteiger partial charge in [-0.2, -0.15) is 0 Å². The van der Waals surface area contributed by atoms with Gasteiger partial charge in [-0.3, -0.25) is 0 Å². The molecule has 0 amide bonds. The fourth-order valence-corrected chi connectivity index (χ4v) is 1.43. The molecule has 0 aliphatic carbocycles. The van der Waals surface area contributed by atoms with Crippen LogP contribution in [0.5, 0.6) is 0 Å². The van der Waals surface area contributed by atoms with E-state index in [0.717, 1.165) is 11.3 Å². The number of hydroxylamine groups is 1. The molecular weight excluding hydrogens is 206 g/mol. The third-order valence-corrected chi connectivity index (χ3v) is 2.23. The summed E-state index contributed by atoms with van der Waals surface area (Å²) in [6.45, 7) is 5.02. The molecule has 0 unspecified atom stereocenters. The number of nitrogens with zero attached hydrogens (tertiary/aromatic N) is 1. The van der Waals surface area contributed by atoms with E-state index in [9.17, 15) is 0 Å². The number of hydrogen-bond donors (Lipinski definition) is 0. The molecule has 4 heteroatoms. The Hall–Kier alpha value is -1.10. The lowest BCUT2D eigenvalue weighted by Gasteiger charge is -2.19. The lowest BCUT2D eigenvalue weighted by atomic mass is 10.1. The van der Waals surface area contributed by atoms with Crippen LogP contribution in [0.4, 0.5) is 5.69 Å². The van der Waals surface area contributed by atoms with Crippen LogP contribution in [0.3, 0.4) is 0 Å². The topological polar surface area (TPSA) is 30.9 Å². The van der Waals surface area contributed by atoms with Crippen molar-refractivity contribution in [2.45, 2.75) is 13.8 Å². The summed E-state index contributed by atoms with van der Waals surface area (Å²) in [5.41, 5.74) is 3.37. The summed E-state index contributed by atoms with van der Waals surface area (Å²) >= 11 is 0. The van der Waals surface area contributed by atoms with E-state index in [-0.39, 0.29) is 0 Å². The predicted molar refractivity (Wildman–Crippen MR) is 63.2 cm³/mol. The molecule has 0 bridgehead atoms. The molecule has 0 saturated carbocycles. The molecule has 1 aromatic rings. The van der Waals surface area contributed by atoms with Crippen LogP contribution in [-0.4, -0.2) is 27.4 Å². The summed E-state index contributed by atoms with van der Waals surface area (Å²) in [5, 5.41) is 1.60. The van der Waals surface area contributed by atoms with Gasteiger partial charge in [0.25, 0.3) is 0 Å². The smallest absolute Gasteiger partial charge is 0.108 e. The minimum Gasteiger partial charge on any atom is -0.382 e. The monoisotopic (exact) mass is 225 g/mol. The summed E-state index contributed by atoms with van der Waals surface area (Å²) in [6, 6.07) is 6.14. The van der Waals surface area contributed by atoms with E-state index in [1.54, 1.807) is 12.2 Å². The zero-order valence-electron chi connectivity index (χ0n) is 10.3. The van der Waals surface area contributed by atoms with Crippen molar-refractivity contribution >= 4 is 5.69 Å². The van der Waals surface area contributed by atoms with Crippen molar-refractivity contribution in [1.82, 2.24) is 0 Å². The fourth-order valence-electron chi connectivity index (χ4n) is 1.43. The van der Waals surface area contributed by atoms with Gasteiger partial charge in [0.1, 0.15) is 6.61 Å². The maximum atomic E-state index is 5.10. The van der Waals surface area contributed by atoms with Crippen molar-refractivity contribution in [3.8, 4) is 0 Å². The molecule has 90 valence electrons. The van der Waals surface area contributed by atoms with Crippen LogP contribution in [0.25, 0.3) is 0 Å². The van der Waals surface area contributed by atoms with Crippen molar-refractivity contribution < 1.29 is 14.6 Å². The highest BCUT2D eigenvalue weighted by Gasteiger charge is 2.05. The van der Waals surface area contributed by atoms with E-state index >= 15 is 0 Å². The average molecular weight is 225 g/mol. The molecule has 0 atom stereocenters. The molecule has 0 N–H and O–H groups in total. The molecule has 0 heterocycles. The first-order chi connectivity index (χ1) is 7.65. The minimum absolute atomic E-state index is 0.408. The van der Waals surface area contributed by atoms with Gasteiger partial charge in [0.05, 0.1) is 12.3 Å². The highest BCUT2D eigenvalue weighted by atomic mass is 17.3. The zero-order valence-corrected chi connectivity index (χ0v) is 10.3. The summed E-state index contributed by atoms with van der Waals surface area (Å²) in [5.74, 6) is 0. The highest BCUT2D eigenvalue weighted by molar-refractivity contribution is 5.51. The Labute approximate surface area is 96.6 Å². The van der Waals surface area contributed by atoms with Crippen molar-refractivity contribution in [2.75, 3.05) is 32.4 Å². The number of methoxy groups -OCH3 is 1. The standard InChI is InChI=1S/C12H19NO3/c1-10-5-6-12(11(2)9-10)13(3)16-15-8-7-14-4/h5-6,9H,7-8H2,1-4H3. The molecule has 0 radical (unpaired) electrons. The first kappa shape index (κ1) is 13.0. The van der Waals surface area contributed by atoms with Crippen LogP contribution >= 0.6 is 0 Å². The maximum Gasteiger partial charge on any atom is 0.108 e. The Morgan fingerprint density at radius 3 is 2.56 bits per heavy atom. The molecule has 0 fully saturated rings. The average Bonchev–Trinajstić information content (AvgIpc) is 2.24. The molecule has 0 aliphatic rings. The molecule has 0 spiro atoms. The number of aryl methyl sites for hydroxylation is 2. The second kappa shape index (κ2) is 6.48.